The molecule has 1 N–H and O–H groups in total. The summed E-state index contributed by atoms with van der Waals surface area (Å²) >= 11 is 0. The summed E-state index contributed by atoms with van der Waals surface area (Å²) in [5.74, 6) is 0.901. The number of aryl methyl sites for hydroxylation is 3. The van der Waals surface area contributed by atoms with E-state index in [1.165, 1.54) is 23.8 Å². The molecular weight excluding hydrogens is 392 g/mol. The maximum Gasteiger partial charge on any atom is 0.347 e. The molecule has 4 rings (SSSR count). The molecule has 3 heterocycles. The van der Waals surface area contributed by atoms with Crippen LogP contribution in [-0.2, 0) is 24.9 Å². The quantitative estimate of drug-likeness (QED) is 0.660. The molecule has 0 radical (unpaired) electrons. The summed E-state index contributed by atoms with van der Waals surface area (Å²) in [6.45, 7) is 7.05. The summed E-state index contributed by atoms with van der Waals surface area (Å²) in [4.78, 5) is 35.7. The van der Waals surface area contributed by atoms with Gasteiger partial charge >= 0.3 is 5.69 Å². The molecule has 1 saturated heterocycles. The zero-order chi connectivity index (χ0) is 22.0. The van der Waals surface area contributed by atoms with Gasteiger partial charge in [-0.15, -0.1) is 0 Å². The largest absolute Gasteiger partial charge is 0.347 e. The molecule has 0 spiro atoms. The normalized spacial score (nSPS) is 14.8. The molecule has 164 valence electrons. The smallest absolute Gasteiger partial charge is 0.330 e. The highest BCUT2D eigenvalue weighted by Gasteiger charge is 2.15. The molecule has 3 aromatic rings. The molecule has 0 aliphatic carbocycles. The standard InChI is InChI=1S/C23H30N6O2/c1-16-13-17(2)29(23(31)24-16)12-9-22(30)25-18-7-8-20-19(14-18)26-21(27(20)3)15-28-10-5-4-6-11-28/h7-8,13-14H,4-6,9-12,15H2,1-3H3,(H,25,30). The van der Waals surface area contributed by atoms with Crippen molar-refractivity contribution in [2.75, 3.05) is 18.4 Å². The second-order valence-electron chi connectivity index (χ2n) is 8.40. The van der Waals surface area contributed by atoms with Crippen LogP contribution in [0, 0.1) is 13.8 Å². The number of benzene rings is 1. The van der Waals surface area contributed by atoms with Crippen molar-refractivity contribution in [3.05, 3.63) is 52.0 Å². The van der Waals surface area contributed by atoms with E-state index in [1.54, 1.807) is 6.92 Å². The highest BCUT2D eigenvalue weighted by atomic mass is 16.2. The van der Waals surface area contributed by atoms with Crippen molar-refractivity contribution in [2.24, 2.45) is 7.05 Å². The number of hydrogen-bond donors (Lipinski definition) is 1. The maximum absolute atomic E-state index is 12.5. The first-order valence-electron chi connectivity index (χ1n) is 10.9. The predicted octanol–water partition coefficient (Wildman–Crippen LogP) is 2.76. The van der Waals surface area contributed by atoms with Gasteiger partial charge in [0.25, 0.3) is 0 Å². The number of aromatic nitrogens is 4. The number of amides is 1. The van der Waals surface area contributed by atoms with Crippen molar-refractivity contribution in [1.29, 1.82) is 0 Å². The van der Waals surface area contributed by atoms with Crippen LogP contribution in [0.2, 0.25) is 0 Å². The van der Waals surface area contributed by atoms with E-state index in [2.05, 4.69) is 19.8 Å². The number of carbonyl (C=O) groups excluding carboxylic acids is 1. The third kappa shape index (κ3) is 4.85. The van der Waals surface area contributed by atoms with Gasteiger partial charge in [0.2, 0.25) is 5.91 Å². The minimum absolute atomic E-state index is 0.143. The summed E-state index contributed by atoms with van der Waals surface area (Å²) in [5, 5.41) is 2.93. The minimum Gasteiger partial charge on any atom is -0.330 e. The number of hydrogen-bond acceptors (Lipinski definition) is 5. The lowest BCUT2D eigenvalue weighted by molar-refractivity contribution is -0.116. The lowest BCUT2D eigenvalue weighted by Gasteiger charge is -2.25. The van der Waals surface area contributed by atoms with Gasteiger partial charge in [0, 0.05) is 37.1 Å². The lowest BCUT2D eigenvalue weighted by Crippen LogP contribution is -2.30. The van der Waals surface area contributed by atoms with Crippen LogP contribution in [0.1, 0.15) is 42.9 Å². The number of rotatable bonds is 6. The highest BCUT2D eigenvalue weighted by Crippen LogP contribution is 2.21. The first-order chi connectivity index (χ1) is 14.9. The number of fused-ring (bicyclic) bond motifs is 1. The Morgan fingerprint density at radius 3 is 2.61 bits per heavy atom. The topological polar surface area (TPSA) is 85.0 Å². The summed E-state index contributed by atoms with van der Waals surface area (Å²) < 4.78 is 3.66. The molecule has 8 heteroatoms. The lowest BCUT2D eigenvalue weighted by atomic mass is 10.1. The predicted molar refractivity (Wildman–Crippen MR) is 121 cm³/mol. The number of nitrogens with one attached hydrogen (secondary N) is 1. The Kier molecular flexibility index (Phi) is 6.18. The minimum atomic E-state index is -0.318. The van der Waals surface area contributed by atoms with Gasteiger partial charge in [-0.2, -0.15) is 4.98 Å². The summed E-state index contributed by atoms with van der Waals surface area (Å²) in [7, 11) is 2.04. The average molecular weight is 423 g/mol. The molecule has 0 bridgehead atoms. The average Bonchev–Trinajstić information content (AvgIpc) is 3.02. The van der Waals surface area contributed by atoms with Crippen molar-refractivity contribution < 1.29 is 4.79 Å². The number of piperidine rings is 1. The Labute approximate surface area is 181 Å². The Bertz CT molecular complexity index is 1160. The van der Waals surface area contributed by atoms with Crippen molar-refractivity contribution in [2.45, 2.75) is 52.6 Å². The van der Waals surface area contributed by atoms with Gasteiger partial charge in [0.1, 0.15) is 5.82 Å². The number of likely N-dealkylation sites (tertiary alicyclic amines) is 1. The summed E-state index contributed by atoms with van der Waals surface area (Å²) in [5.41, 5.74) is 3.82. The van der Waals surface area contributed by atoms with Crippen LogP contribution in [0.4, 0.5) is 5.69 Å². The Morgan fingerprint density at radius 1 is 1.10 bits per heavy atom. The number of carbonyl (C=O) groups is 1. The molecule has 1 aliphatic heterocycles. The highest BCUT2D eigenvalue weighted by molar-refractivity contribution is 5.93. The number of anilines is 1. The molecule has 8 nitrogen and oxygen atoms in total. The zero-order valence-electron chi connectivity index (χ0n) is 18.5. The fourth-order valence-corrected chi connectivity index (χ4v) is 4.27. The molecule has 0 unspecified atom stereocenters. The van der Waals surface area contributed by atoms with Gasteiger partial charge in [-0.1, -0.05) is 6.42 Å². The van der Waals surface area contributed by atoms with Crippen LogP contribution in [0.25, 0.3) is 11.0 Å². The molecule has 1 amide bonds. The SMILES string of the molecule is Cc1cc(C)n(CCC(=O)Nc2ccc3c(c2)nc(CN2CCCCC2)n3C)c(=O)n1. The van der Waals surface area contributed by atoms with Crippen LogP contribution in [-0.4, -0.2) is 43.0 Å². The van der Waals surface area contributed by atoms with Crippen LogP contribution in [0.3, 0.4) is 0 Å². The van der Waals surface area contributed by atoms with Gasteiger partial charge < -0.3 is 9.88 Å². The second-order valence-corrected chi connectivity index (χ2v) is 8.40. The Balaban J connectivity index is 1.42. The maximum atomic E-state index is 12.5. The molecule has 0 atom stereocenters. The van der Waals surface area contributed by atoms with Gasteiger partial charge in [-0.3, -0.25) is 14.3 Å². The van der Waals surface area contributed by atoms with Gasteiger partial charge in [0.05, 0.1) is 17.6 Å². The van der Waals surface area contributed by atoms with Crippen LogP contribution in [0.15, 0.2) is 29.1 Å². The van der Waals surface area contributed by atoms with E-state index in [9.17, 15) is 9.59 Å². The molecule has 0 saturated carbocycles. The molecule has 2 aromatic heterocycles. The van der Waals surface area contributed by atoms with E-state index in [0.717, 1.165) is 42.2 Å². The van der Waals surface area contributed by atoms with Crippen molar-refractivity contribution in [3.8, 4) is 0 Å². The fourth-order valence-electron chi connectivity index (χ4n) is 4.27. The van der Waals surface area contributed by atoms with E-state index in [0.29, 0.717) is 17.9 Å². The van der Waals surface area contributed by atoms with Gasteiger partial charge in [-0.05, 0) is 64.0 Å². The van der Waals surface area contributed by atoms with E-state index < -0.39 is 0 Å². The Morgan fingerprint density at radius 2 is 1.87 bits per heavy atom. The summed E-state index contributed by atoms with van der Waals surface area (Å²) in [6.07, 6.45) is 4.03. The van der Waals surface area contributed by atoms with Crippen molar-refractivity contribution in [1.82, 2.24) is 24.0 Å². The van der Waals surface area contributed by atoms with E-state index in [-0.39, 0.29) is 18.0 Å². The van der Waals surface area contributed by atoms with Crippen LogP contribution in [0.5, 0.6) is 0 Å². The van der Waals surface area contributed by atoms with Crippen molar-refractivity contribution in [3.63, 3.8) is 0 Å². The van der Waals surface area contributed by atoms with Gasteiger partial charge in [-0.25, -0.2) is 9.78 Å². The van der Waals surface area contributed by atoms with Gasteiger partial charge in [0.15, 0.2) is 0 Å². The van der Waals surface area contributed by atoms with Crippen molar-refractivity contribution >= 4 is 22.6 Å². The number of nitrogens with zero attached hydrogens (tertiary/aromatic N) is 5. The molecular formula is C23H30N6O2. The first-order valence-corrected chi connectivity index (χ1v) is 10.9. The molecule has 1 aliphatic rings. The van der Waals surface area contributed by atoms with E-state index in [1.807, 2.05) is 38.2 Å². The van der Waals surface area contributed by atoms with E-state index in [4.69, 9.17) is 4.98 Å². The molecule has 1 fully saturated rings. The molecule has 1 aromatic carbocycles. The third-order valence-electron chi connectivity index (χ3n) is 5.98. The number of imidazole rings is 1. The Hall–Kier alpha value is -3.00. The second kappa shape index (κ2) is 9.01. The summed E-state index contributed by atoms with van der Waals surface area (Å²) in [6, 6.07) is 7.65. The third-order valence-corrected chi connectivity index (χ3v) is 5.98. The first kappa shape index (κ1) is 21.2. The van der Waals surface area contributed by atoms with E-state index >= 15 is 0 Å². The van der Waals surface area contributed by atoms with Crippen LogP contribution < -0.4 is 11.0 Å². The fraction of sp³-hybridized carbons (Fsp3) is 0.478. The van der Waals surface area contributed by atoms with Crippen LogP contribution >= 0.6 is 0 Å². The molecule has 31 heavy (non-hydrogen) atoms. The monoisotopic (exact) mass is 422 g/mol. The zero-order valence-corrected chi connectivity index (χ0v) is 18.5.